The highest BCUT2D eigenvalue weighted by atomic mass is 14.9. The summed E-state index contributed by atoms with van der Waals surface area (Å²) in [5.41, 5.74) is 3.02. The standard InChI is InChI=1S/C14H19N/c1-5-15-10-12(14(2,3)4)11-8-6-7-9-13(11)15/h6-10H,5H2,1-4H3. The van der Waals surface area contributed by atoms with Crippen molar-refractivity contribution in [2.45, 2.75) is 39.7 Å². The van der Waals surface area contributed by atoms with Gasteiger partial charge >= 0.3 is 0 Å². The van der Waals surface area contributed by atoms with E-state index in [1.54, 1.807) is 0 Å². The molecule has 0 amide bonds. The molecule has 2 rings (SSSR count). The zero-order valence-corrected chi connectivity index (χ0v) is 10.0. The minimum atomic E-state index is 0.222. The molecule has 0 atom stereocenters. The first-order valence-electron chi connectivity index (χ1n) is 5.62. The monoisotopic (exact) mass is 201 g/mol. The topological polar surface area (TPSA) is 4.93 Å². The summed E-state index contributed by atoms with van der Waals surface area (Å²) in [6.45, 7) is 10.0. The van der Waals surface area contributed by atoms with E-state index in [1.165, 1.54) is 16.5 Å². The summed E-state index contributed by atoms with van der Waals surface area (Å²) in [4.78, 5) is 0. The van der Waals surface area contributed by atoms with Crippen LogP contribution in [0.3, 0.4) is 0 Å². The van der Waals surface area contributed by atoms with Gasteiger partial charge in [0.05, 0.1) is 0 Å². The second kappa shape index (κ2) is 3.41. The Morgan fingerprint density at radius 3 is 2.40 bits per heavy atom. The van der Waals surface area contributed by atoms with Crippen molar-refractivity contribution in [3.05, 3.63) is 36.0 Å². The molecule has 0 bridgehead atoms. The quantitative estimate of drug-likeness (QED) is 0.658. The number of para-hydroxylation sites is 1. The Bertz CT molecular complexity index is 472. The summed E-state index contributed by atoms with van der Waals surface area (Å²) < 4.78 is 2.33. The molecule has 1 nitrogen and oxygen atoms in total. The summed E-state index contributed by atoms with van der Waals surface area (Å²) in [5, 5.41) is 1.40. The maximum absolute atomic E-state index is 2.33. The third-order valence-corrected chi connectivity index (χ3v) is 2.94. The van der Waals surface area contributed by atoms with Crippen LogP contribution in [0.5, 0.6) is 0 Å². The van der Waals surface area contributed by atoms with Gasteiger partial charge in [0.25, 0.3) is 0 Å². The van der Waals surface area contributed by atoms with E-state index in [1.807, 2.05) is 0 Å². The van der Waals surface area contributed by atoms with Crippen molar-refractivity contribution in [2.75, 3.05) is 0 Å². The summed E-state index contributed by atoms with van der Waals surface area (Å²) in [6.07, 6.45) is 2.30. The van der Waals surface area contributed by atoms with E-state index in [4.69, 9.17) is 0 Å². The highest BCUT2D eigenvalue weighted by Gasteiger charge is 2.19. The average molecular weight is 201 g/mol. The zero-order chi connectivity index (χ0) is 11.1. The van der Waals surface area contributed by atoms with E-state index in [0.717, 1.165) is 6.54 Å². The van der Waals surface area contributed by atoms with Gasteiger partial charge in [0.1, 0.15) is 0 Å². The Morgan fingerprint density at radius 1 is 1.13 bits per heavy atom. The number of aryl methyl sites for hydroxylation is 1. The van der Waals surface area contributed by atoms with Crippen LogP contribution in [0, 0.1) is 0 Å². The Balaban J connectivity index is 2.76. The average Bonchev–Trinajstić information content (AvgIpc) is 2.55. The van der Waals surface area contributed by atoms with Gasteiger partial charge in [0.15, 0.2) is 0 Å². The summed E-state index contributed by atoms with van der Waals surface area (Å²) in [6, 6.07) is 8.66. The molecular weight excluding hydrogens is 182 g/mol. The number of hydrogen-bond acceptors (Lipinski definition) is 0. The molecule has 0 aliphatic carbocycles. The molecule has 0 unspecified atom stereocenters. The number of aromatic nitrogens is 1. The highest BCUT2D eigenvalue weighted by Crippen LogP contribution is 2.31. The van der Waals surface area contributed by atoms with Crippen LogP contribution >= 0.6 is 0 Å². The molecule has 0 aliphatic heterocycles. The fourth-order valence-corrected chi connectivity index (χ4v) is 2.11. The molecule has 0 saturated carbocycles. The molecular formula is C14H19N. The van der Waals surface area contributed by atoms with Crippen LogP contribution in [0.4, 0.5) is 0 Å². The van der Waals surface area contributed by atoms with Crippen molar-refractivity contribution in [3.8, 4) is 0 Å². The number of nitrogens with zero attached hydrogens (tertiary/aromatic N) is 1. The predicted octanol–water partition coefficient (Wildman–Crippen LogP) is 3.96. The van der Waals surface area contributed by atoms with E-state index in [-0.39, 0.29) is 5.41 Å². The van der Waals surface area contributed by atoms with Crippen molar-refractivity contribution >= 4 is 10.9 Å². The van der Waals surface area contributed by atoms with Crippen molar-refractivity contribution in [1.82, 2.24) is 4.57 Å². The van der Waals surface area contributed by atoms with Gasteiger partial charge in [0.2, 0.25) is 0 Å². The molecule has 2 aromatic rings. The number of fused-ring (bicyclic) bond motifs is 1. The highest BCUT2D eigenvalue weighted by molar-refractivity contribution is 5.84. The first kappa shape index (κ1) is 10.3. The van der Waals surface area contributed by atoms with Gasteiger partial charge in [-0.25, -0.2) is 0 Å². The molecule has 0 N–H and O–H groups in total. The SMILES string of the molecule is CCn1cc(C(C)(C)C)c2ccccc21. The molecule has 0 saturated heterocycles. The van der Waals surface area contributed by atoms with E-state index >= 15 is 0 Å². The van der Waals surface area contributed by atoms with Crippen LogP contribution in [-0.2, 0) is 12.0 Å². The number of rotatable bonds is 1. The lowest BCUT2D eigenvalue weighted by Gasteiger charge is -2.17. The van der Waals surface area contributed by atoms with E-state index in [9.17, 15) is 0 Å². The Labute approximate surface area is 91.7 Å². The maximum atomic E-state index is 2.33. The Hall–Kier alpha value is -1.24. The van der Waals surface area contributed by atoms with Crippen LogP contribution in [0.25, 0.3) is 10.9 Å². The maximum Gasteiger partial charge on any atom is 0.0483 e. The van der Waals surface area contributed by atoms with E-state index in [2.05, 4.69) is 62.7 Å². The van der Waals surface area contributed by atoms with Gasteiger partial charge < -0.3 is 4.57 Å². The van der Waals surface area contributed by atoms with Crippen LogP contribution in [0.2, 0.25) is 0 Å². The molecule has 0 fully saturated rings. The summed E-state index contributed by atoms with van der Waals surface area (Å²) in [5.74, 6) is 0. The minimum Gasteiger partial charge on any atom is -0.347 e. The van der Waals surface area contributed by atoms with Crippen molar-refractivity contribution in [2.24, 2.45) is 0 Å². The molecule has 1 aromatic heterocycles. The van der Waals surface area contributed by atoms with Crippen LogP contribution in [-0.4, -0.2) is 4.57 Å². The smallest absolute Gasteiger partial charge is 0.0483 e. The second-order valence-electron chi connectivity index (χ2n) is 5.10. The lowest BCUT2D eigenvalue weighted by atomic mass is 9.87. The fraction of sp³-hybridized carbons (Fsp3) is 0.429. The van der Waals surface area contributed by atoms with E-state index in [0.29, 0.717) is 0 Å². The third-order valence-electron chi connectivity index (χ3n) is 2.94. The number of hydrogen-bond donors (Lipinski definition) is 0. The van der Waals surface area contributed by atoms with E-state index < -0.39 is 0 Å². The van der Waals surface area contributed by atoms with Gasteiger partial charge in [-0.15, -0.1) is 0 Å². The molecule has 1 heterocycles. The van der Waals surface area contributed by atoms with Crippen molar-refractivity contribution < 1.29 is 0 Å². The molecule has 0 spiro atoms. The largest absolute Gasteiger partial charge is 0.347 e. The van der Waals surface area contributed by atoms with Gasteiger partial charge in [-0.2, -0.15) is 0 Å². The second-order valence-corrected chi connectivity index (χ2v) is 5.10. The molecule has 1 heteroatoms. The summed E-state index contributed by atoms with van der Waals surface area (Å²) >= 11 is 0. The first-order chi connectivity index (χ1) is 7.04. The lowest BCUT2D eigenvalue weighted by Crippen LogP contribution is -2.10. The van der Waals surface area contributed by atoms with Crippen molar-refractivity contribution in [1.29, 1.82) is 0 Å². The Morgan fingerprint density at radius 2 is 1.80 bits per heavy atom. The molecule has 80 valence electrons. The van der Waals surface area contributed by atoms with Gasteiger partial charge in [-0.1, -0.05) is 39.0 Å². The molecule has 15 heavy (non-hydrogen) atoms. The zero-order valence-electron chi connectivity index (χ0n) is 10.0. The third kappa shape index (κ3) is 1.67. The minimum absolute atomic E-state index is 0.222. The predicted molar refractivity (Wildman–Crippen MR) is 66.3 cm³/mol. The molecule has 0 radical (unpaired) electrons. The van der Waals surface area contributed by atoms with Crippen LogP contribution in [0.1, 0.15) is 33.3 Å². The van der Waals surface area contributed by atoms with Gasteiger partial charge in [0, 0.05) is 23.6 Å². The van der Waals surface area contributed by atoms with Crippen LogP contribution in [0.15, 0.2) is 30.5 Å². The van der Waals surface area contributed by atoms with Gasteiger partial charge in [-0.3, -0.25) is 0 Å². The van der Waals surface area contributed by atoms with Crippen molar-refractivity contribution in [3.63, 3.8) is 0 Å². The van der Waals surface area contributed by atoms with Gasteiger partial charge in [-0.05, 0) is 24.0 Å². The molecule has 0 aliphatic rings. The number of benzene rings is 1. The fourth-order valence-electron chi connectivity index (χ4n) is 2.11. The first-order valence-corrected chi connectivity index (χ1v) is 5.62. The summed E-state index contributed by atoms with van der Waals surface area (Å²) in [7, 11) is 0. The lowest BCUT2D eigenvalue weighted by molar-refractivity contribution is 0.591. The van der Waals surface area contributed by atoms with Crippen LogP contribution < -0.4 is 0 Å². The normalized spacial score (nSPS) is 12.3. The Kier molecular flexibility index (Phi) is 2.34. The molecule has 1 aromatic carbocycles.